The van der Waals surface area contributed by atoms with Crippen molar-refractivity contribution in [2.75, 3.05) is 7.11 Å². The molecular weight excluding hydrogens is 376 g/mol. The standard InChI is InChI=1S/C17H17BrN2O4/c1-11(24-14-5-3-4-13(18)9-14)17(22)20-19-10-12-6-7-15(21)16(8-12)23-2/h3-11,21H,1-2H3,(H,20,22)/b19-10+. The van der Waals surface area contributed by atoms with Crippen LogP contribution in [0.3, 0.4) is 0 Å². The molecule has 0 spiro atoms. The third-order valence-electron chi connectivity index (χ3n) is 3.07. The van der Waals surface area contributed by atoms with E-state index in [0.717, 1.165) is 4.47 Å². The van der Waals surface area contributed by atoms with Gasteiger partial charge in [0.05, 0.1) is 13.3 Å². The van der Waals surface area contributed by atoms with E-state index in [-0.39, 0.29) is 11.7 Å². The first kappa shape index (κ1) is 17.8. The lowest BCUT2D eigenvalue weighted by atomic mass is 10.2. The molecule has 1 unspecified atom stereocenters. The minimum Gasteiger partial charge on any atom is -0.504 e. The lowest BCUT2D eigenvalue weighted by molar-refractivity contribution is -0.127. The molecule has 0 aromatic heterocycles. The smallest absolute Gasteiger partial charge is 0.280 e. The highest BCUT2D eigenvalue weighted by Gasteiger charge is 2.13. The third kappa shape index (κ3) is 4.99. The fraction of sp³-hybridized carbons (Fsp3) is 0.176. The summed E-state index contributed by atoms with van der Waals surface area (Å²) in [5.41, 5.74) is 3.08. The molecule has 24 heavy (non-hydrogen) atoms. The molecule has 0 fully saturated rings. The Balaban J connectivity index is 1.92. The lowest BCUT2D eigenvalue weighted by Gasteiger charge is -2.13. The quantitative estimate of drug-likeness (QED) is 0.584. The summed E-state index contributed by atoms with van der Waals surface area (Å²) in [6, 6.07) is 12.0. The van der Waals surface area contributed by atoms with Gasteiger partial charge in [-0.3, -0.25) is 4.79 Å². The van der Waals surface area contributed by atoms with E-state index >= 15 is 0 Å². The second-order valence-corrected chi connectivity index (χ2v) is 5.80. The van der Waals surface area contributed by atoms with E-state index in [1.165, 1.54) is 19.4 Å². The minimum absolute atomic E-state index is 0.0368. The molecule has 2 N–H and O–H groups in total. The van der Waals surface area contributed by atoms with Crippen LogP contribution in [0.25, 0.3) is 0 Å². The van der Waals surface area contributed by atoms with Crippen molar-refractivity contribution in [1.82, 2.24) is 5.43 Å². The molecule has 6 nitrogen and oxygen atoms in total. The molecule has 0 heterocycles. The van der Waals surface area contributed by atoms with Crippen LogP contribution in [-0.4, -0.2) is 30.4 Å². The fourth-order valence-corrected chi connectivity index (χ4v) is 2.21. The third-order valence-corrected chi connectivity index (χ3v) is 3.56. The van der Waals surface area contributed by atoms with Crippen molar-refractivity contribution in [1.29, 1.82) is 0 Å². The Labute approximate surface area is 148 Å². The van der Waals surface area contributed by atoms with Gasteiger partial charge in [-0.05, 0) is 48.9 Å². The number of carbonyl (C=O) groups is 1. The molecule has 7 heteroatoms. The molecule has 0 radical (unpaired) electrons. The van der Waals surface area contributed by atoms with E-state index in [4.69, 9.17) is 9.47 Å². The number of hydrogen-bond donors (Lipinski definition) is 2. The predicted molar refractivity (Wildman–Crippen MR) is 94.6 cm³/mol. The average Bonchev–Trinajstić information content (AvgIpc) is 2.56. The molecule has 0 bridgehead atoms. The van der Waals surface area contributed by atoms with Gasteiger partial charge in [0.2, 0.25) is 0 Å². The van der Waals surface area contributed by atoms with Gasteiger partial charge in [-0.15, -0.1) is 0 Å². The zero-order chi connectivity index (χ0) is 17.5. The highest BCUT2D eigenvalue weighted by molar-refractivity contribution is 9.10. The number of phenols is 1. The van der Waals surface area contributed by atoms with Gasteiger partial charge in [0.15, 0.2) is 17.6 Å². The maximum Gasteiger partial charge on any atom is 0.280 e. The number of hydrazone groups is 1. The molecule has 0 aliphatic rings. The first-order valence-electron chi connectivity index (χ1n) is 7.11. The maximum absolute atomic E-state index is 12.0. The zero-order valence-corrected chi connectivity index (χ0v) is 14.8. The Kier molecular flexibility index (Phi) is 6.20. The maximum atomic E-state index is 12.0. The van der Waals surface area contributed by atoms with Crippen LogP contribution < -0.4 is 14.9 Å². The zero-order valence-electron chi connectivity index (χ0n) is 13.2. The van der Waals surface area contributed by atoms with Crippen molar-refractivity contribution in [2.45, 2.75) is 13.0 Å². The molecule has 126 valence electrons. The molecule has 0 aliphatic heterocycles. The average molecular weight is 393 g/mol. The summed E-state index contributed by atoms with van der Waals surface area (Å²) >= 11 is 3.34. The number of hydrogen-bond acceptors (Lipinski definition) is 5. The number of methoxy groups -OCH3 is 1. The number of nitrogens with zero attached hydrogens (tertiary/aromatic N) is 1. The van der Waals surface area contributed by atoms with Crippen LogP contribution in [0.5, 0.6) is 17.2 Å². The van der Waals surface area contributed by atoms with Gasteiger partial charge in [0.25, 0.3) is 5.91 Å². The van der Waals surface area contributed by atoms with Gasteiger partial charge in [-0.25, -0.2) is 5.43 Å². The van der Waals surface area contributed by atoms with E-state index < -0.39 is 6.10 Å². The molecule has 2 rings (SSSR count). The second-order valence-electron chi connectivity index (χ2n) is 4.88. The number of aromatic hydroxyl groups is 1. The molecule has 0 saturated heterocycles. The normalized spacial score (nSPS) is 12.0. The Morgan fingerprint density at radius 2 is 2.12 bits per heavy atom. The minimum atomic E-state index is -0.703. The van der Waals surface area contributed by atoms with Crippen molar-refractivity contribution < 1.29 is 19.4 Å². The van der Waals surface area contributed by atoms with Gasteiger partial charge >= 0.3 is 0 Å². The SMILES string of the molecule is COc1cc(/C=N/NC(=O)C(C)Oc2cccc(Br)c2)ccc1O. The number of ether oxygens (including phenoxy) is 2. The van der Waals surface area contributed by atoms with Gasteiger partial charge < -0.3 is 14.6 Å². The van der Waals surface area contributed by atoms with Crippen LogP contribution in [0.1, 0.15) is 12.5 Å². The van der Waals surface area contributed by atoms with Crippen LogP contribution >= 0.6 is 15.9 Å². The summed E-state index contributed by atoms with van der Waals surface area (Å²) in [6.07, 6.45) is 0.747. The molecule has 0 aliphatic carbocycles. The number of phenolic OH excluding ortho intramolecular Hbond substituents is 1. The first-order chi connectivity index (χ1) is 11.5. The van der Waals surface area contributed by atoms with Crippen LogP contribution in [0.4, 0.5) is 0 Å². The monoisotopic (exact) mass is 392 g/mol. The van der Waals surface area contributed by atoms with Crippen LogP contribution in [0.2, 0.25) is 0 Å². The van der Waals surface area contributed by atoms with Gasteiger partial charge in [0, 0.05) is 4.47 Å². The molecule has 0 saturated carbocycles. The summed E-state index contributed by atoms with van der Waals surface area (Å²) in [4.78, 5) is 12.0. The molecular formula is C17H17BrN2O4. The lowest BCUT2D eigenvalue weighted by Crippen LogP contribution is -2.33. The van der Waals surface area contributed by atoms with Crippen LogP contribution in [0, 0.1) is 0 Å². The van der Waals surface area contributed by atoms with Crippen molar-refractivity contribution in [3.63, 3.8) is 0 Å². The first-order valence-corrected chi connectivity index (χ1v) is 7.91. The number of rotatable bonds is 6. The van der Waals surface area contributed by atoms with Crippen molar-refractivity contribution in [3.05, 3.63) is 52.5 Å². The number of benzene rings is 2. The van der Waals surface area contributed by atoms with Crippen molar-refractivity contribution >= 4 is 28.1 Å². The van der Waals surface area contributed by atoms with Gasteiger partial charge in [-0.1, -0.05) is 22.0 Å². The van der Waals surface area contributed by atoms with Crippen LogP contribution in [-0.2, 0) is 4.79 Å². The topological polar surface area (TPSA) is 80.2 Å². The van der Waals surface area contributed by atoms with E-state index in [0.29, 0.717) is 17.1 Å². The van der Waals surface area contributed by atoms with Gasteiger partial charge in [-0.2, -0.15) is 5.10 Å². The highest BCUT2D eigenvalue weighted by atomic mass is 79.9. The molecule has 1 atom stereocenters. The molecule has 2 aromatic rings. The largest absolute Gasteiger partial charge is 0.504 e. The van der Waals surface area contributed by atoms with Crippen LogP contribution in [0.15, 0.2) is 52.0 Å². The Hall–Kier alpha value is -2.54. The summed E-state index contributed by atoms with van der Waals surface area (Å²) in [5.74, 6) is 0.572. The fourth-order valence-electron chi connectivity index (χ4n) is 1.83. The summed E-state index contributed by atoms with van der Waals surface area (Å²) in [5, 5.41) is 13.4. The number of halogens is 1. The molecule has 2 aromatic carbocycles. The van der Waals surface area contributed by atoms with E-state index in [1.54, 1.807) is 31.2 Å². The number of carbonyl (C=O) groups excluding carboxylic acids is 1. The molecule has 1 amide bonds. The van der Waals surface area contributed by atoms with Crippen molar-refractivity contribution in [3.8, 4) is 17.2 Å². The van der Waals surface area contributed by atoms with Gasteiger partial charge in [0.1, 0.15) is 5.75 Å². The predicted octanol–water partition coefficient (Wildman–Crippen LogP) is 3.08. The second kappa shape index (κ2) is 8.35. The summed E-state index contributed by atoms with van der Waals surface area (Å²) in [6.45, 7) is 1.63. The summed E-state index contributed by atoms with van der Waals surface area (Å²) < 4.78 is 11.4. The number of nitrogens with one attached hydrogen (secondary N) is 1. The van der Waals surface area contributed by atoms with E-state index in [1.807, 2.05) is 12.1 Å². The van der Waals surface area contributed by atoms with E-state index in [9.17, 15) is 9.90 Å². The number of amides is 1. The Morgan fingerprint density at radius 1 is 1.33 bits per heavy atom. The Morgan fingerprint density at radius 3 is 2.83 bits per heavy atom. The van der Waals surface area contributed by atoms with E-state index in [2.05, 4.69) is 26.5 Å². The summed E-state index contributed by atoms with van der Waals surface area (Å²) in [7, 11) is 1.46. The Bertz CT molecular complexity index is 749. The highest BCUT2D eigenvalue weighted by Crippen LogP contribution is 2.25. The van der Waals surface area contributed by atoms with Crippen molar-refractivity contribution in [2.24, 2.45) is 5.10 Å².